The maximum absolute atomic E-state index is 14.2. The van der Waals surface area contributed by atoms with Gasteiger partial charge < -0.3 is 5.11 Å². The summed E-state index contributed by atoms with van der Waals surface area (Å²) < 4.78 is 17.0. The van der Waals surface area contributed by atoms with Crippen LogP contribution in [0.4, 0.5) is 21.5 Å². The van der Waals surface area contributed by atoms with Crippen molar-refractivity contribution in [2.75, 3.05) is 55.9 Å². The molecule has 386 valence electrons. The topological polar surface area (TPSA) is 148 Å². The van der Waals surface area contributed by atoms with Gasteiger partial charge in [-0.15, -0.1) is 10.2 Å². The highest BCUT2D eigenvalue weighted by Crippen LogP contribution is 2.48. The fourth-order valence-electron chi connectivity index (χ4n) is 10.2. The molecule has 0 aliphatic carbocycles. The fourth-order valence-corrected chi connectivity index (χ4v) is 10.9. The number of benzene rings is 6. The zero-order chi connectivity index (χ0) is 54.6. The van der Waals surface area contributed by atoms with Crippen LogP contribution in [0, 0.1) is 22.9 Å². The summed E-state index contributed by atoms with van der Waals surface area (Å²) in [7, 11) is 13.8. The van der Waals surface area contributed by atoms with E-state index in [9.17, 15) is 24.4 Å². The number of nitro benzene ring substituents is 1. The number of rotatable bonds is 5. The zero-order valence-electron chi connectivity index (χ0n) is 43.1. The van der Waals surface area contributed by atoms with Crippen molar-refractivity contribution >= 4 is 86.5 Å². The molecule has 0 saturated heterocycles. The maximum atomic E-state index is 14.2. The predicted octanol–water partition coefficient (Wildman–Crippen LogP) is 11.5. The summed E-state index contributed by atoms with van der Waals surface area (Å²) in [5.74, 6) is 0.942. The standard InChI is InChI=1S/C22H29Cl2N3O.C17H12Cl2N4.C17H15FN3O3/c1-21(28)22(2,26(3,4)5)27(6,7)19-13-12-15(23)14-17(19)20(25-21)16-10-8-9-11-18(16)24;1-10-21-22-16-9-20-17(12-4-2-3-5-14(12)19)13-8-11(18)6-7-15(13)23(10)16;1-21(2)15-8-7-11(20(23)24)9-13(15)17(19-10-16(21)22)12-5-3-4-6-14(12)18/h8-14,28H,1-7H3;2-8H,9H2,1H3;3-9H,10H2,1-2H3/q+2;;+1. The van der Waals surface area contributed by atoms with Crippen LogP contribution < -0.4 is 8.97 Å². The van der Waals surface area contributed by atoms with Gasteiger partial charge in [0.1, 0.15) is 29.6 Å². The first kappa shape index (κ1) is 54.7. The maximum Gasteiger partial charge on any atom is 0.339 e. The van der Waals surface area contributed by atoms with Crippen LogP contribution in [0.15, 0.2) is 142 Å². The average Bonchev–Trinajstić information content (AvgIpc) is 3.57. The minimum Gasteiger partial charge on any atom is -0.360 e. The van der Waals surface area contributed by atoms with Crippen LogP contribution in [0.5, 0.6) is 0 Å². The fraction of sp³-hybridized carbons (Fsp3) is 0.250. The second-order valence-corrected chi connectivity index (χ2v) is 22.1. The van der Waals surface area contributed by atoms with E-state index in [0.29, 0.717) is 52.6 Å². The summed E-state index contributed by atoms with van der Waals surface area (Å²) in [6.07, 6.45) is 0. The molecule has 0 bridgehead atoms. The van der Waals surface area contributed by atoms with Gasteiger partial charge in [-0.05, 0) is 68.4 Å². The number of benzodiazepines with no additional fused rings is 2. The van der Waals surface area contributed by atoms with Gasteiger partial charge in [0.25, 0.3) is 17.1 Å². The van der Waals surface area contributed by atoms with Crippen LogP contribution in [0.3, 0.4) is 0 Å². The molecule has 14 nitrogen and oxygen atoms in total. The van der Waals surface area contributed by atoms with Gasteiger partial charge in [0.05, 0.1) is 95.1 Å². The Hall–Kier alpha value is -6.53. The molecule has 75 heavy (non-hydrogen) atoms. The Balaban J connectivity index is 0.000000150. The van der Waals surface area contributed by atoms with Crippen molar-refractivity contribution in [2.24, 2.45) is 15.0 Å². The number of quaternary nitrogens is 3. The molecular formula is C56H56Cl4FN10O4+3. The Morgan fingerprint density at radius 2 is 1.19 bits per heavy atom. The summed E-state index contributed by atoms with van der Waals surface area (Å²) in [6, 6.07) is 37.1. The molecule has 6 aromatic carbocycles. The van der Waals surface area contributed by atoms with E-state index in [1.54, 1.807) is 39.2 Å². The minimum absolute atomic E-state index is 0.116. The van der Waals surface area contributed by atoms with Crippen molar-refractivity contribution in [3.8, 4) is 5.69 Å². The van der Waals surface area contributed by atoms with Crippen LogP contribution in [-0.4, -0.2) is 120 Å². The molecule has 3 aliphatic heterocycles. The number of carbonyl (C=O) groups is 1. The van der Waals surface area contributed by atoms with E-state index in [1.807, 2.05) is 96.4 Å². The number of non-ortho nitro benzene ring substituents is 1. The van der Waals surface area contributed by atoms with E-state index in [4.69, 9.17) is 56.4 Å². The van der Waals surface area contributed by atoms with Crippen molar-refractivity contribution in [1.29, 1.82) is 0 Å². The third kappa shape index (κ3) is 9.95. The normalized spacial score (nSPS) is 19.3. The number of aryl methyl sites for hydroxylation is 1. The summed E-state index contributed by atoms with van der Waals surface area (Å²) in [6.45, 7) is 6.09. The van der Waals surface area contributed by atoms with Crippen molar-refractivity contribution in [3.05, 3.63) is 208 Å². The van der Waals surface area contributed by atoms with Gasteiger partial charge in [0.15, 0.2) is 12.4 Å². The first-order chi connectivity index (χ1) is 35.2. The van der Waals surface area contributed by atoms with E-state index in [2.05, 4.69) is 57.4 Å². The van der Waals surface area contributed by atoms with Crippen molar-refractivity contribution < 1.29 is 23.7 Å². The number of fused-ring (bicyclic) bond motifs is 5. The predicted molar refractivity (Wildman–Crippen MR) is 300 cm³/mol. The number of halogens is 5. The molecule has 2 atom stereocenters. The molecule has 3 aliphatic rings. The van der Waals surface area contributed by atoms with Crippen molar-refractivity contribution in [2.45, 2.75) is 38.7 Å². The smallest absolute Gasteiger partial charge is 0.339 e. The minimum atomic E-state index is -1.39. The number of nitro groups is 1. The van der Waals surface area contributed by atoms with Gasteiger partial charge in [-0.25, -0.2) is 23.1 Å². The molecule has 1 aromatic heterocycles. The van der Waals surface area contributed by atoms with E-state index in [0.717, 1.165) is 51.0 Å². The quantitative estimate of drug-likeness (QED) is 0.103. The lowest BCUT2D eigenvalue weighted by Gasteiger charge is -2.55. The summed E-state index contributed by atoms with van der Waals surface area (Å²) >= 11 is 25.5. The number of hydrogen-bond acceptors (Lipinski definition) is 9. The number of nitrogens with zero attached hydrogens (tertiary/aromatic N) is 10. The van der Waals surface area contributed by atoms with Gasteiger partial charge in [0.2, 0.25) is 0 Å². The third-order valence-corrected chi connectivity index (χ3v) is 15.7. The lowest BCUT2D eigenvalue weighted by Crippen LogP contribution is -2.80. The Morgan fingerprint density at radius 3 is 1.79 bits per heavy atom. The Labute approximate surface area is 455 Å². The lowest BCUT2D eigenvalue weighted by molar-refractivity contribution is -0.942. The molecule has 2 unspecified atom stereocenters. The van der Waals surface area contributed by atoms with Crippen molar-refractivity contribution in [3.63, 3.8) is 0 Å². The van der Waals surface area contributed by atoms with E-state index in [1.165, 1.54) is 24.3 Å². The molecular weight excluding hydrogens is 1040 g/mol. The molecule has 0 spiro atoms. The van der Waals surface area contributed by atoms with Gasteiger partial charge in [0, 0.05) is 66.6 Å². The second-order valence-electron chi connectivity index (χ2n) is 20.4. The number of amides is 1. The number of aliphatic imine (C=N–C) groups is 3. The first-order valence-corrected chi connectivity index (χ1v) is 25.2. The monoisotopic (exact) mass is 1090 g/mol. The average molecular weight is 1090 g/mol. The number of carbonyl (C=O) groups excluding carboxylic acids is 1. The highest BCUT2D eigenvalue weighted by molar-refractivity contribution is 6.37. The lowest BCUT2D eigenvalue weighted by atomic mass is 9.91. The van der Waals surface area contributed by atoms with E-state index in [-0.39, 0.29) is 33.9 Å². The van der Waals surface area contributed by atoms with Crippen molar-refractivity contribution in [1.82, 2.24) is 23.7 Å². The Kier molecular flexibility index (Phi) is 15.0. The molecule has 7 aromatic rings. The van der Waals surface area contributed by atoms with Crippen LogP contribution in [-0.2, 0) is 11.3 Å². The van der Waals surface area contributed by atoms with Crippen LogP contribution >= 0.6 is 46.4 Å². The molecule has 19 heteroatoms. The third-order valence-electron chi connectivity index (χ3n) is 14.6. The van der Waals surface area contributed by atoms with E-state index >= 15 is 0 Å². The molecule has 1 N–H and O–H groups in total. The van der Waals surface area contributed by atoms with Gasteiger partial charge in [-0.1, -0.05) is 94.9 Å². The van der Waals surface area contributed by atoms with Crippen LogP contribution in [0.1, 0.15) is 58.9 Å². The van der Waals surface area contributed by atoms with Crippen LogP contribution in [0.2, 0.25) is 20.1 Å². The van der Waals surface area contributed by atoms with Gasteiger partial charge in [-0.3, -0.25) is 29.1 Å². The molecule has 0 fully saturated rings. The summed E-state index contributed by atoms with van der Waals surface area (Å²) in [5.41, 5.74) is 6.09. The Bertz CT molecular complexity index is 3530. The Morgan fingerprint density at radius 1 is 0.667 bits per heavy atom. The zero-order valence-corrected chi connectivity index (χ0v) is 46.1. The molecule has 0 radical (unpaired) electrons. The van der Waals surface area contributed by atoms with Gasteiger partial charge >= 0.3 is 5.91 Å². The molecule has 1 amide bonds. The van der Waals surface area contributed by atoms with Gasteiger partial charge in [-0.2, -0.15) is 0 Å². The first-order valence-electron chi connectivity index (χ1n) is 23.7. The molecule has 10 rings (SSSR count). The highest BCUT2D eigenvalue weighted by Gasteiger charge is 2.67. The summed E-state index contributed by atoms with van der Waals surface area (Å²) in [5, 5.41) is 33.8. The highest BCUT2D eigenvalue weighted by atomic mass is 35.5. The number of hydrogen-bond donors (Lipinski definition) is 1. The summed E-state index contributed by atoms with van der Waals surface area (Å²) in [4.78, 5) is 37.0. The van der Waals surface area contributed by atoms with E-state index < -0.39 is 22.1 Å². The van der Waals surface area contributed by atoms with Crippen LogP contribution in [0.25, 0.3) is 5.69 Å². The number of likely N-dealkylation sites (N-methyl/N-ethyl adjacent to an activating group) is 3. The number of aromatic nitrogens is 3. The SMILES string of the molecule is CC1(O)N=C(c2ccccc2Cl)c2cc(Cl)ccc2[N+](C)(C)C1(C)[N+](C)(C)C.C[N+]1(C)C(=O)CN=C(c2ccccc2F)c2cc([N+](=O)[O-])ccc21.Cc1nnc2n1-c1ccc(Cl)cc1C(c1ccccc1Cl)=NC2. The molecule has 4 heterocycles. The second kappa shape index (κ2) is 20.5. The molecule has 0 saturated carbocycles. The largest absolute Gasteiger partial charge is 0.360 e. The number of aliphatic hydroxyl groups is 1.